The number of thiophene rings is 1. The number of benzene rings is 1. The van der Waals surface area contributed by atoms with Gasteiger partial charge in [0.05, 0.1) is 18.2 Å². The number of esters is 1. The van der Waals surface area contributed by atoms with Crippen LogP contribution in [-0.2, 0) is 11.3 Å². The largest absolute Gasteiger partial charge is 0.489 e. The van der Waals surface area contributed by atoms with E-state index in [2.05, 4.69) is 10.5 Å². The molecule has 1 N–H and O–H groups in total. The van der Waals surface area contributed by atoms with Gasteiger partial charge >= 0.3 is 5.97 Å². The van der Waals surface area contributed by atoms with Crippen LogP contribution in [0.15, 0.2) is 34.9 Å². The molecule has 0 saturated carbocycles. The van der Waals surface area contributed by atoms with Crippen molar-refractivity contribution in [3.05, 3.63) is 63.6 Å². The zero-order valence-corrected chi connectivity index (χ0v) is 16.2. The average Bonchev–Trinajstić information content (AvgIpc) is 3.23. The number of carbonyl (C=O) groups excluding carboxylic acids is 2. The molecule has 0 radical (unpaired) electrons. The lowest BCUT2D eigenvalue weighted by Gasteiger charge is -2.07. The van der Waals surface area contributed by atoms with Crippen LogP contribution in [0.2, 0.25) is 0 Å². The number of ether oxygens (including phenoxy) is 2. The van der Waals surface area contributed by atoms with E-state index in [9.17, 15) is 14.0 Å². The maximum atomic E-state index is 13.0. The van der Waals surface area contributed by atoms with Gasteiger partial charge in [0.1, 0.15) is 28.9 Å². The molecular weight excluding hydrogens is 387 g/mol. The summed E-state index contributed by atoms with van der Waals surface area (Å²) in [6.07, 6.45) is 0. The van der Waals surface area contributed by atoms with E-state index >= 15 is 0 Å². The van der Waals surface area contributed by atoms with Crippen molar-refractivity contribution in [1.82, 2.24) is 5.16 Å². The van der Waals surface area contributed by atoms with Crippen LogP contribution in [-0.4, -0.2) is 24.1 Å². The van der Waals surface area contributed by atoms with Gasteiger partial charge in [0, 0.05) is 4.88 Å². The lowest BCUT2D eigenvalue weighted by Crippen LogP contribution is -2.16. The Morgan fingerprint density at radius 3 is 2.64 bits per heavy atom. The van der Waals surface area contributed by atoms with E-state index in [0.717, 1.165) is 4.88 Å². The van der Waals surface area contributed by atoms with E-state index in [4.69, 9.17) is 14.0 Å². The van der Waals surface area contributed by atoms with Gasteiger partial charge in [-0.15, -0.1) is 11.3 Å². The zero-order chi connectivity index (χ0) is 20.3. The van der Waals surface area contributed by atoms with Gasteiger partial charge in [0.15, 0.2) is 5.69 Å². The van der Waals surface area contributed by atoms with Gasteiger partial charge < -0.3 is 19.3 Å². The van der Waals surface area contributed by atoms with Crippen LogP contribution < -0.4 is 10.1 Å². The van der Waals surface area contributed by atoms with Crippen LogP contribution in [0.5, 0.6) is 5.75 Å². The number of rotatable bonds is 6. The monoisotopic (exact) mass is 404 g/mol. The molecule has 0 aliphatic rings. The minimum absolute atomic E-state index is 0.0110. The number of nitrogens with one attached hydrogen (secondary N) is 1. The Labute approximate surface area is 164 Å². The molecule has 2 heterocycles. The molecule has 0 spiro atoms. The molecule has 146 valence electrons. The maximum Gasteiger partial charge on any atom is 0.340 e. The second kappa shape index (κ2) is 8.22. The van der Waals surface area contributed by atoms with E-state index in [1.165, 1.54) is 42.7 Å². The highest BCUT2D eigenvalue weighted by molar-refractivity contribution is 7.16. The minimum Gasteiger partial charge on any atom is -0.489 e. The van der Waals surface area contributed by atoms with Crippen LogP contribution in [0, 0.1) is 19.7 Å². The van der Waals surface area contributed by atoms with Gasteiger partial charge in [0.2, 0.25) is 0 Å². The van der Waals surface area contributed by atoms with Crippen molar-refractivity contribution in [1.29, 1.82) is 0 Å². The van der Waals surface area contributed by atoms with Crippen LogP contribution in [0.25, 0.3) is 0 Å². The number of hydrogen-bond donors (Lipinski definition) is 1. The van der Waals surface area contributed by atoms with Crippen LogP contribution >= 0.6 is 11.3 Å². The number of hydrogen-bond acceptors (Lipinski definition) is 7. The summed E-state index contributed by atoms with van der Waals surface area (Å²) in [6.45, 7) is 3.48. The molecule has 9 heteroatoms. The van der Waals surface area contributed by atoms with E-state index in [1.807, 2.05) is 6.92 Å². The molecule has 3 aromatic rings. The molecule has 0 bridgehead atoms. The maximum absolute atomic E-state index is 13.0. The summed E-state index contributed by atoms with van der Waals surface area (Å²) >= 11 is 1.25. The predicted octanol–water partition coefficient (Wildman–Crippen LogP) is 4.11. The quantitative estimate of drug-likeness (QED) is 0.622. The summed E-state index contributed by atoms with van der Waals surface area (Å²) in [5.74, 6) is -0.600. The van der Waals surface area contributed by atoms with Crippen molar-refractivity contribution in [2.45, 2.75) is 20.5 Å². The first-order valence-corrected chi connectivity index (χ1v) is 9.04. The third-order valence-electron chi connectivity index (χ3n) is 3.88. The molecule has 0 aliphatic heterocycles. The molecule has 0 fully saturated rings. The lowest BCUT2D eigenvalue weighted by atomic mass is 10.2. The molecule has 1 aromatic carbocycles. The zero-order valence-electron chi connectivity index (χ0n) is 15.4. The first kappa shape index (κ1) is 19.6. The number of nitrogens with zero attached hydrogens (tertiary/aromatic N) is 1. The Morgan fingerprint density at radius 2 is 1.96 bits per heavy atom. The van der Waals surface area contributed by atoms with Crippen molar-refractivity contribution in [3.63, 3.8) is 0 Å². The molecular formula is C19H17FN2O5S. The molecule has 0 unspecified atom stereocenters. The molecule has 1 amide bonds. The second-order valence-electron chi connectivity index (χ2n) is 5.85. The van der Waals surface area contributed by atoms with Crippen molar-refractivity contribution in [2.75, 3.05) is 12.4 Å². The Kier molecular flexibility index (Phi) is 5.74. The smallest absolute Gasteiger partial charge is 0.340 e. The number of anilines is 1. The summed E-state index contributed by atoms with van der Waals surface area (Å²) in [4.78, 5) is 25.4. The summed E-state index contributed by atoms with van der Waals surface area (Å²) in [6, 6.07) is 7.15. The Balaban J connectivity index is 1.78. The summed E-state index contributed by atoms with van der Waals surface area (Å²) < 4.78 is 28.4. The predicted molar refractivity (Wildman–Crippen MR) is 100 cm³/mol. The van der Waals surface area contributed by atoms with E-state index in [1.54, 1.807) is 13.0 Å². The lowest BCUT2D eigenvalue weighted by molar-refractivity contribution is 0.0602. The highest BCUT2D eigenvalue weighted by atomic mass is 32.1. The third kappa shape index (κ3) is 4.20. The van der Waals surface area contributed by atoms with Crippen molar-refractivity contribution >= 4 is 28.2 Å². The van der Waals surface area contributed by atoms with E-state index in [0.29, 0.717) is 22.1 Å². The first-order chi connectivity index (χ1) is 13.4. The fraction of sp³-hybridized carbons (Fsp3) is 0.211. The minimum atomic E-state index is -0.546. The summed E-state index contributed by atoms with van der Waals surface area (Å²) in [7, 11) is 1.27. The molecule has 2 aromatic heterocycles. The van der Waals surface area contributed by atoms with Gasteiger partial charge in [-0.1, -0.05) is 5.16 Å². The van der Waals surface area contributed by atoms with Crippen LogP contribution in [0.3, 0.4) is 0 Å². The van der Waals surface area contributed by atoms with Gasteiger partial charge in [0.25, 0.3) is 5.91 Å². The van der Waals surface area contributed by atoms with Gasteiger partial charge in [-0.25, -0.2) is 9.18 Å². The van der Waals surface area contributed by atoms with Gasteiger partial charge in [-0.2, -0.15) is 0 Å². The summed E-state index contributed by atoms with van der Waals surface area (Å²) in [5, 5.41) is 6.84. The number of aryl methyl sites for hydroxylation is 2. The Morgan fingerprint density at radius 1 is 1.25 bits per heavy atom. The fourth-order valence-electron chi connectivity index (χ4n) is 2.46. The molecule has 0 saturated heterocycles. The number of amides is 1. The normalized spacial score (nSPS) is 10.6. The number of methoxy groups -OCH3 is 1. The molecule has 7 nitrogen and oxygen atoms in total. The Bertz CT molecular complexity index is 1010. The standard InChI is InChI=1S/C19H17FN2O5S/c1-10-8-14(19(24)25-3)18(28-10)21-17(23)16-15(11(2)27-22-16)9-26-13-6-4-12(20)5-7-13/h4-8H,9H2,1-3H3,(H,21,23). The fourth-order valence-corrected chi connectivity index (χ4v) is 3.35. The highest BCUT2D eigenvalue weighted by Gasteiger charge is 2.23. The van der Waals surface area contributed by atoms with E-state index < -0.39 is 11.9 Å². The first-order valence-electron chi connectivity index (χ1n) is 8.22. The van der Waals surface area contributed by atoms with Gasteiger partial charge in [-0.3, -0.25) is 4.79 Å². The van der Waals surface area contributed by atoms with Gasteiger partial charge in [-0.05, 0) is 44.2 Å². The van der Waals surface area contributed by atoms with Crippen molar-refractivity contribution in [2.24, 2.45) is 0 Å². The second-order valence-corrected chi connectivity index (χ2v) is 7.11. The van der Waals surface area contributed by atoms with E-state index in [-0.39, 0.29) is 23.7 Å². The van der Waals surface area contributed by atoms with Crippen molar-refractivity contribution in [3.8, 4) is 5.75 Å². The molecule has 0 aliphatic carbocycles. The molecule has 0 atom stereocenters. The van der Waals surface area contributed by atoms with Crippen molar-refractivity contribution < 1.29 is 28.0 Å². The topological polar surface area (TPSA) is 90.7 Å². The average molecular weight is 404 g/mol. The third-order valence-corrected chi connectivity index (χ3v) is 4.85. The molecule has 3 rings (SSSR count). The molecule has 28 heavy (non-hydrogen) atoms. The SMILES string of the molecule is COC(=O)c1cc(C)sc1NC(=O)c1noc(C)c1COc1ccc(F)cc1. The summed E-state index contributed by atoms with van der Waals surface area (Å²) in [5.41, 5.74) is 0.763. The number of carbonyl (C=O) groups is 2. The highest BCUT2D eigenvalue weighted by Crippen LogP contribution is 2.29. The van der Waals surface area contributed by atoms with Crippen LogP contribution in [0.1, 0.15) is 37.0 Å². The van der Waals surface area contributed by atoms with Crippen LogP contribution in [0.4, 0.5) is 9.39 Å². The Hall–Kier alpha value is -3.20. The number of aromatic nitrogens is 1. The number of halogens is 1.